The molecule has 0 bridgehead atoms. The van der Waals surface area contributed by atoms with Crippen LogP contribution in [-0.4, -0.2) is 119 Å². The third kappa shape index (κ3) is 12.9. The molecule has 8 rings (SSSR count). The van der Waals surface area contributed by atoms with Crippen LogP contribution in [-0.2, 0) is 44.0 Å². The number of benzene rings is 3. The van der Waals surface area contributed by atoms with Gasteiger partial charge in [-0.3, -0.25) is 33.3 Å². The molecule has 4 aromatic rings. The minimum Gasteiger partial charge on any atom is -0.497 e. The predicted octanol–water partition coefficient (Wildman–Crippen LogP) is 9.86. The molecule has 2 saturated heterocycles. The third-order valence-electron chi connectivity index (χ3n) is 16.2. The highest BCUT2D eigenvalue weighted by Gasteiger charge is 2.49. The Morgan fingerprint density at radius 2 is 1.63 bits per heavy atom. The summed E-state index contributed by atoms with van der Waals surface area (Å²) >= 11 is 0. The standard InChI is InChI=1S/C59H79F3N6O7/c1-55(2,3)75-50(69)26-25-49(52(63)70)68-48-24-23-47(46-10-9-29-67(51(46)48)54(68)72)53(71)66-33-31-64(32-34-66)36-40-11-15-42(16-12-40)43-17-13-41(14-18-43)37-65(39-56(4,5)59(60,61)62)30-27-58(28-35-74-57(6,7)38-58)44-19-21-45(73-8)22-20-44/h13-15,17-24,40,49H,9-12,16,25-39H2,1-8H3,(H2,63,70)/t40-,49+,58+/m0/s1. The number of alkyl halides is 3. The average molecular weight is 1040 g/mol. The number of nitrogens with zero attached hydrogens (tertiary/aromatic N) is 5. The molecule has 2 fully saturated rings. The van der Waals surface area contributed by atoms with Crippen molar-refractivity contribution in [2.45, 2.75) is 155 Å². The topological polar surface area (TPSA) is 142 Å². The molecule has 4 heterocycles. The second-order valence-corrected chi connectivity index (χ2v) is 24.0. The molecule has 408 valence electrons. The van der Waals surface area contributed by atoms with Crippen molar-refractivity contribution in [3.8, 4) is 5.75 Å². The van der Waals surface area contributed by atoms with Gasteiger partial charge in [-0.15, -0.1) is 0 Å². The summed E-state index contributed by atoms with van der Waals surface area (Å²) in [4.78, 5) is 59.8. The number of hydrogen-bond acceptors (Lipinski definition) is 9. The number of primary amides is 1. The Balaban J connectivity index is 0.872. The monoisotopic (exact) mass is 1040 g/mol. The number of imidazole rings is 1. The van der Waals surface area contributed by atoms with E-state index in [1.165, 1.54) is 24.0 Å². The Bertz CT molecular complexity index is 2780. The summed E-state index contributed by atoms with van der Waals surface area (Å²) in [6.45, 7) is 17.5. The lowest BCUT2D eigenvalue weighted by molar-refractivity contribution is -0.217. The lowest BCUT2D eigenvalue weighted by Crippen LogP contribution is -2.50. The van der Waals surface area contributed by atoms with Crippen LogP contribution in [0.1, 0.15) is 145 Å². The predicted molar refractivity (Wildman–Crippen MR) is 286 cm³/mol. The number of carbonyl (C=O) groups excluding carboxylic acids is 3. The van der Waals surface area contributed by atoms with Crippen molar-refractivity contribution in [2.24, 2.45) is 17.1 Å². The van der Waals surface area contributed by atoms with Gasteiger partial charge in [0.05, 0.1) is 29.2 Å². The van der Waals surface area contributed by atoms with Gasteiger partial charge in [0.2, 0.25) is 5.91 Å². The lowest BCUT2D eigenvalue weighted by atomic mass is 9.67. The Morgan fingerprint density at radius 1 is 0.920 bits per heavy atom. The SMILES string of the molecule is COc1ccc([C@]2(CCN(Cc3ccc(C4=CC[C@H](CN5CCN(C(=O)c6ccc7c8c6CCCn8c(=O)n7[C@H](CCC(=O)OC(C)(C)C)C(N)=O)CC5)CC4)cc3)CC(C)(C)C(F)(F)F)CCOC(C)(C)C2)cc1. The summed E-state index contributed by atoms with van der Waals surface area (Å²) in [6, 6.07) is 19.0. The van der Waals surface area contributed by atoms with Crippen LogP contribution in [0.25, 0.3) is 16.6 Å². The van der Waals surface area contributed by atoms with E-state index in [1.807, 2.05) is 21.9 Å². The highest BCUT2D eigenvalue weighted by molar-refractivity contribution is 6.01. The van der Waals surface area contributed by atoms with Crippen molar-refractivity contribution < 1.29 is 41.8 Å². The minimum absolute atomic E-state index is 0.0145. The smallest absolute Gasteiger partial charge is 0.395 e. The zero-order valence-corrected chi connectivity index (χ0v) is 45.5. The van der Waals surface area contributed by atoms with Crippen molar-refractivity contribution in [1.29, 1.82) is 0 Å². The van der Waals surface area contributed by atoms with E-state index in [0.717, 1.165) is 79.7 Å². The Morgan fingerprint density at radius 3 is 2.24 bits per heavy atom. The molecule has 3 aromatic carbocycles. The minimum atomic E-state index is -4.35. The number of ether oxygens (including phenoxy) is 3. The molecular formula is C59H79F3N6O7. The van der Waals surface area contributed by atoms with Crippen molar-refractivity contribution >= 4 is 34.4 Å². The molecule has 0 radical (unpaired) electrons. The van der Waals surface area contributed by atoms with Gasteiger partial charge >= 0.3 is 17.8 Å². The van der Waals surface area contributed by atoms with Crippen molar-refractivity contribution in [3.05, 3.63) is 105 Å². The van der Waals surface area contributed by atoms with Crippen molar-refractivity contribution in [2.75, 3.05) is 59.5 Å². The zero-order valence-electron chi connectivity index (χ0n) is 45.5. The maximum atomic E-state index is 14.4. The number of methoxy groups -OCH3 is 1. The van der Waals surface area contributed by atoms with Crippen molar-refractivity contribution in [1.82, 2.24) is 23.8 Å². The average Bonchev–Trinajstić information content (AvgIpc) is 3.64. The highest BCUT2D eigenvalue weighted by Crippen LogP contribution is 2.46. The van der Waals surface area contributed by atoms with Crippen LogP contribution < -0.4 is 16.2 Å². The van der Waals surface area contributed by atoms with Crippen LogP contribution in [0.4, 0.5) is 13.2 Å². The van der Waals surface area contributed by atoms with Gasteiger partial charge in [-0.1, -0.05) is 42.5 Å². The summed E-state index contributed by atoms with van der Waals surface area (Å²) in [5.74, 6) is -0.0165. The quantitative estimate of drug-likeness (QED) is 0.0965. The van der Waals surface area contributed by atoms with E-state index in [2.05, 4.69) is 61.2 Å². The first-order chi connectivity index (χ1) is 35.4. The molecular weight excluding hydrogens is 962 g/mol. The number of aromatic nitrogens is 2. The highest BCUT2D eigenvalue weighted by atomic mass is 19.4. The van der Waals surface area contributed by atoms with Gasteiger partial charge in [0.15, 0.2) is 0 Å². The van der Waals surface area contributed by atoms with Crippen LogP contribution in [0, 0.1) is 11.3 Å². The van der Waals surface area contributed by atoms with E-state index in [4.69, 9.17) is 19.9 Å². The van der Waals surface area contributed by atoms with E-state index in [9.17, 15) is 32.3 Å². The molecule has 75 heavy (non-hydrogen) atoms. The molecule has 1 aromatic heterocycles. The number of aryl methyl sites for hydroxylation is 2. The van der Waals surface area contributed by atoms with Crippen LogP contribution in [0.15, 0.2) is 71.5 Å². The molecule has 0 unspecified atom stereocenters. The normalized spacial score (nSPS) is 21.0. The fourth-order valence-electron chi connectivity index (χ4n) is 12.2. The largest absolute Gasteiger partial charge is 0.497 e. The zero-order chi connectivity index (χ0) is 54.1. The summed E-state index contributed by atoms with van der Waals surface area (Å²) in [5.41, 5.74) is 9.38. The molecule has 2 N–H and O–H groups in total. The third-order valence-corrected chi connectivity index (χ3v) is 16.2. The first kappa shape index (κ1) is 55.8. The molecule has 13 nitrogen and oxygen atoms in total. The summed E-state index contributed by atoms with van der Waals surface area (Å²) in [7, 11) is 1.64. The number of halogens is 3. The molecule has 3 atom stereocenters. The summed E-state index contributed by atoms with van der Waals surface area (Å²) < 4.78 is 63.4. The molecule has 16 heteroatoms. The van der Waals surface area contributed by atoms with Gasteiger partial charge < -0.3 is 24.8 Å². The van der Waals surface area contributed by atoms with Gasteiger partial charge in [0.25, 0.3) is 5.91 Å². The van der Waals surface area contributed by atoms with E-state index < -0.39 is 35.1 Å². The summed E-state index contributed by atoms with van der Waals surface area (Å²) in [6.07, 6.45) is 4.37. The Hall–Kier alpha value is -5.45. The Kier molecular flexibility index (Phi) is 16.6. The van der Waals surface area contributed by atoms with Gasteiger partial charge in [0.1, 0.15) is 17.4 Å². The van der Waals surface area contributed by atoms with E-state index in [1.54, 1.807) is 44.6 Å². The van der Waals surface area contributed by atoms with Crippen LogP contribution in [0.3, 0.4) is 0 Å². The number of rotatable bonds is 18. The fourth-order valence-corrected chi connectivity index (χ4v) is 12.2. The number of nitrogens with two attached hydrogens (primary N) is 1. The molecule has 0 spiro atoms. The van der Waals surface area contributed by atoms with E-state index in [0.29, 0.717) is 81.1 Å². The van der Waals surface area contributed by atoms with Crippen molar-refractivity contribution in [3.63, 3.8) is 0 Å². The number of esters is 1. The van der Waals surface area contributed by atoms with E-state index in [-0.39, 0.29) is 42.0 Å². The lowest BCUT2D eigenvalue weighted by Gasteiger charge is -2.46. The number of piperazine rings is 1. The number of hydrogen-bond donors (Lipinski definition) is 1. The maximum absolute atomic E-state index is 14.4. The number of carbonyl (C=O) groups is 3. The maximum Gasteiger partial charge on any atom is 0.395 e. The first-order valence-electron chi connectivity index (χ1n) is 27.0. The van der Waals surface area contributed by atoms with Gasteiger partial charge in [0, 0.05) is 76.4 Å². The second-order valence-electron chi connectivity index (χ2n) is 24.0. The van der Waals surface area contributed by atoms with Crippen LogP contribution in [0.2, 0.25) is 0 Å². The summed E-state index contributed by atoms with van der Waals surface area (Å²) in [5, 5.41) is 0. The van der Waals surface area contributed by atoms with Crippen LogP contribution in [0.5, 0.6) is 5.75 Å². The Labute approximate surface area is 440 Å². The van der Waals surface area contributed by atoms with Crippen LogP contribution >= 0.6 is 0 Å². The number of allylic oxidation sites excluding steroid dienone is 2. The van der Waals surface area contributed by atoms with Gasteiger partial charge in [-0.25, -0.2) is 4.79 Å². The van der Waals surface area contributed by atoms with Gasteiger partial charge in [-0.2, -0.15) is 13.2 Å². The first-order valence-corrected chi connectivity index (χ1v) is 27.0. The molecule has 4 aliphatic rings. The van der Waals surface area contributed by atoms with E-state index >= 15 is 0 Å². The molecule has 2 amide bonds. The molecule has 0 saturated carbocycles. The fraction of sp³-hybridized carbons (Fsp3) is 0.593. The molecule has 1 aliphatic carbocycles. The molecule has 3 aliphatic heterocycles. The second kappa shape index (κ2) is 22.3. The van der Waals surface area contributed by atoms with Gasteiger partial charge in [-0.05, 0) is 171 Å². The number of amides is 2.